The number of hydrogen-bond acceptors (Lipinski definition) is 2. The van der Waals surface area contributed by atoms with Gasteiger partial charge in [0, 0.05) is 57.4 Å². The zero-order valence-electron chi connectivity index (χ0n) is 33.4. The lowest BCUT2D eigenvalue weighted by molar-refractivity contribution is 0.795. The minimum Gasteiger partial charge on any atom is -0.135 e. The number of thiophene rings is 2. The van der Waals surface area contributed by atoms with Crippen molar-refractivity contribution < 1.29 is 0 Å². The lowest BCUT2D eigenvalue weighted by atomic mass is 9.74. The fourth-order valence-electron chi connectivity index (χ4n) is 10.4. The SMILES string of the molecule is C1=C(c2ccccc2)Cc2cc(-c3ccc4c(c3)CC(c3cc(-c5cccc6c5sc5ccccc56)c5sc6ccccc6c5c3)c3ccccc3-4)ccc2-c2ccccc21. The molecular formula is C59H38S2. The summed E-state index contributed by atoms with van der Waals surface area (Å²) in [6.07, 6.45) is 4.23. The average Bonchev–Trinajstić information content (AvgIpc) is 3.84. The third-order valence-electron chi connectivity index (χ3n) is 13.3. The Morgan fingerprint density at radius 2 is 0.984 bits per heavy atom. The summed E-state index contributed by atoms with van der Waals surface area (Å²) in [4.78, 5) is 0. The lowest BCUT2D eigenvalue weighted by Gasteiger charge is -2.29. The van der Waals surface area contributed by atoms with Crippen molar-refractivity contribution >= 4 is 74.7 Å². The van der Waals surface area contributed by atoms with Crippen LogP contribution >= 0.6 is 22.7 Å². The van der Waals surface area contributed by atoms with Crippen LogP contribution in [0.4, 0.5) is 0 Å². The molecule has 2 aliphatic carbocycles. The van der Waals surface area contributed by atoms with Crippen molar-refractivity contribution in [3.8, 4) is 44.5 Å². The van der Waals surface area contributed by atoms with Gasteiger partial charge in [0.25, 0.3) is 0 Å². The van der Waals surface area contributed by atoms with Crippen LogP contribution in [0.2, 0.25) is 0 Å². The average molecular weight is 811 g/mol. The topological polar surface area (TPSA) is 0 Å². The zero-order chi connectivity index (χ0) is 40.0. The molecule has 13 rings (SSSR count). The van der Waals surface area contributed by atoms with Crippen LogP contribution in [0.25, 0.3) is 96.5 Å². The fraction of sp³-hybridized carbons (Fsp3) is 0.0508. The Morgan fingerprint density at radius 3 is 1.79 bits per heavy atom. The summed E-state index contributed by atoms with van der Waals surface area (Å²) in [5, 5.41) is 5.39. The standard InChI is InChI=1S/C59H38S2/c1-2-13-36(14-3-1)40-31-39-15-4-5-16-44(39)45-27-25-37(29-41(45)32-40)38-26-28-46-42(30-38)33-53(48-18-7-6-17-47(46)48)43-34-54-50-20-9-11-24-57(50)61-59(54)55(35-43)52-22-12-21-51-49-19-8-10-23-56(49)60-58(51)52/h1-31,34-35,53H,32-33H2. The molecule has 286 valence electrons. The zero-order valence-corrected chi connectivity index (χ0v) is 35.0. The predicted octanol–water partition coefficient (Wildman–Crippen LogP) is 16.9. The molecule has 0 fully saturated rings. The van der Waals surface area contributed by atoms with Gasteiger partial charge in [0.05, 0.1) is 0 Å². The van der Waals surface area contributed by atoms with Crippen molar-refractivity contribution in [2.24, 2.45) is 0 Å². The molecule has 2 heteroatoms. The maximum atomic E-state index is 2.55. The van der Waals surface area contributed by atoms with E-state index in [1.165, 1.54) is 124 Å². The van der Waals surface area contributed by atoms with E-state index in [1.807, 2.05) is 22.7 Å². The molecular weight excluding hydrogens is 773 g/mol. The van der Waals surface area contributed by atoms with E-state index in [9.17, 15) is 0 Å². The molecule has 11 aromatic rings. The quantitative estimate of drug-likeness (QED) is 0.166. The van der Waals surface area contributed by atoms with Gasteiger partial charge < -0.3 is 0 Å². The van der Waals surface area contributed by atoms with Crippen LogP contribution in [0.15, 0.2) is 194 Å². The Balaban J connectivity index is 0.957. The molecule has 0 bridgehead atoms. The number of allylic oxidation sites excluding steroid dienone is 1. The maximum absolute atomic E-state index is 2.55. The van der Waals surface area contributed by atoms with Crippen LogP contribution in [0.5, 0.6) is 0 Å². The Kier molecular flexibility index (Phi) is 7.94. The van der Waals surface area contributed by atoms with E-state index < -0.39 is 0 Å². The van der Waals surface area contributed by atoms with E-state index in [0.29, 0.717) is 0 Å². The lowest BCUT2D eigenvalue weighted by Crippen LogP contribution is -2.13. The van der Waals surface area contributed by atoms with Gasteiger partial charge in [-0.15, -0.1) is 22.7 Å². The highest BCUT2D eigenvalue weighted by Gasteiger charge is 2.28. The second-order valence-corrected chi connectivity index (χ2v) is 18.8. The van der Waals surface area contributed by atoms with Gasteiger partial charge in [-0.2, -0.15) is 0 Å². The number of benzene rings is 9. The normalized spacial score (nSPS) is 14.4. The Morgan fingerprint density at radius 1 is 0.377 bits per heavy atom. The summed E-state index contributed by atoms with van der Waals surface area (Å²) in [6.45, 7) is 0. The first kappa shape index (κ1) is 35.0. The predicted molar refractivity (Wildman–Crippen MR) is 264 cm³/mol. The van der Waals surface area contributed by atoms with E-state index in [0.717, 1.165) is 12.8 Å². The van der Waals surface area contributed by atoms with Crippen LogP contribution < -0.4 is 0 Å². The first-order valence-corrected chi connectivity index (χ1v) is 22.9. The third-order valence-corrected chi connectivity index (χ3v) is 15.7. The van der Waals surface area contributed by atoms with E-state index in [1.54, 1.807) is 0 Å². The highest BCUT2D eigenvalue weighted by Crippen LogP contribution is 2.50. The molecule has 0 amide bonds. The monoisotopic (exact) mass is 810 g/mol. The van der Waals surface area contributed by atoms with Gasteiger partial charge in [0.15, 0.2) is 0 Å². The molecule has 0 N–H and O–H groups in total. The molecule has 1 atom stereocenters. The Hall–Kier alpha value is -6.84. The third kappa shape index (κ3) is 5.63. The highest BCUT2D eigenvalue weighted by atomic mass is 32.1. The molecule has 0 saturated heterocycles. The molecule has 9 aromatic carbocycles. The van der Waals surface area contributed by atoms with Crippen LogP contribution in [0.1, 0.15) is 39.3 Å². The Labute approximate surface area is 363 Å². The van der Waals surface area contributed by atoms with Crippen molar-refractivity contribution in [1.29, 1.82) is 0 Å². The maximum Gasteiger partial charge on any atom is 0.0434 e. The summed E-state index contributed by atoms with van der Waals surface area (Å²) in [7, 11) is 0. The van der Waals surface area contributed by atoms with Crippen molar-refractivity contribution in [3.05, 3.63) is 228 Å². The van der Waals surface area contributed by atoms with Gasteiger partial charge >= 0.3 is 0 Å². The van der Waals surface area contributed by atoms with Gasteiger partial charge in [-0.1, -0.05) is 176 Å². The molecule has 0 saturated carbocycles. The van der Waals surface area contributed by atoms with Gasteiger partial charge in [-0.05, 0) is 109 Å². The highest BCUT2D eigenvalue weighted by molar-refractivity contribution is 7.27. The molecule has 2 heterocycles. The summed E-state index contributed by atoms with van der Waals surface area (Å²) in [5.41, 5.74) is 20.1. The Bertz CT molecular complexity index is 3600. The van der Waals surface area contributed by atoms with Crippen LogP contribution in [-0.4, -0.2) is 0 Å². The summed E-state index contributed by atoms with van der Waals surface area (Å²) >= 11 is 3.86. The van der Waals surface area contributed by atoms with E-state index in [4.69, 9.17) is 0 Å². The molecule has 0 spiro atoms. The minimum absolute atomic E-state index is 0.212. The van der Waals surface area contributed by atoms with E-state index in [-0.39, 0.29) is 5.92 Å². The van der Waals surface area contributed by atoms with Gasteiger partial charge in [-0.3, -0.25) is 0 Å². The summed E-state index contributed by atoms with van der Waals surface area (Å²) < 4.78 is 5.43. The largest absolute Gasteiger partial charge is 0.135 e. The van der Waals surface area contributed by atoms with Gasteiger partial charge in [-0.25, -0.2) is 0 Å². The first-order chi connectivity index (χ1) is 30.2. The minimum atomic E-state index is 0.212. The van der Waals surface area contributed by atoms with Gasteiger partial charge in [0.2, 0.25) is 0 Å². The first-order valence-electron chi connectivity index (χ1n) is 21.3. The molecule has 61 heavy (non-hydrogen) atoms. The second kappa shape index (κ2) is 13.9. The number of rotatable bonds is 4. The molecule has 0 aliphatic heterocycles. The van der Waals surface area contributed by atoms with Crippen LogP contribution in [0, 0.1) is 0 Å². The smallest absolute Gasteiger partial charge is 0.0434 e. The number of fused-ring (bicyclic) bond motifs is 12. The van der Waals surface area contributed by atoms with Crippen LogP contribution in [0.3, 0.4) is 0 Å². The van der Waals surface area contributed by atoms with Crippen molar-refractivity contribution in [2.75, 3.05) is 0 Å². The van der Waals surface area contributed by atoms with Crippen molar-refractivity contribution in [1.82, 2.24) is 0 Å². The molecule has 1 unspecified atom stereocenters. The summed E-state index contributed by atoms with van der Waals surface area (Å²) in [6, 6.07) is 73.2. The second-order valence-electron chi connectivity index (χ2n) is 16.7. The van der Waals surface area contributed by atoms with E-state index >= 15 is 0 Å². The molecule has 0 radical (unpaired) electrons. The molecule has 0 nitrogen and oxygen atoms in total. The summed E-state index contributed by atoms with van der Waals surface area (Å²) in [5.74, 6) is 0.212. The van der Waals surface area contributed by atoms with Crippen molar-refractivity contribution in [3.63, 3.8) is 0 Å². The number of hydrogen-bond donors (Lipinski definition) is 0. The molecule has 2 aromatic heterocycles. The van der Waals surface area contributed by atoms with E-state index in [2.05, 4.69) is 200 Å². The molecule has 2 aliphatic rings. The van der Waals surface area contributed by atoms with Crippen molar-refractivity contribution in [2.45, 2.75) is 18.8 Å². The fourth-order valence-corrected chi connectivity index (χ4v) is 12.9. The van der Waals surface area contributed by atoms with Crippen LogP contribution in [-0.2, 0) is 12.8 Å². The van der Waals surface area contributed by atoms with Gasteiger partial charge in [0.1, 0.15) is 0 Å².